The first-order chi connectivity index (χ1) is 8.08. The van der Waals surface area contributed by atoms with Crippen LogP contribution >= 0.6 is 11.6 Å². The molecule has 0 spiro atoms. The standard InChI is InChI=1S/C12H12ClFN2O/c1-16-6-5-8(15-16)7-11(17)12-9(13)3-2-4-10(12)14/h2-6,11,17H,7H2,1H3. The number of aryl methyl sites for hydroxylation is 1. The van der Waals surface area contributed by atoms with Crippen LogP contribution in [-0.2, 0) is 13.5 Å². The lowest BCUT2D eigenvalue weighted by molar-refractivity contribution is 0.172. The second-order valence-electron chi connectivity index (χ2n) is 3.84. The van der Waals surface area contributed by atoms with Gasteiger partial charge in [0, 0.05) is 30.3 Å². The zero-order chi connectivity index (χ0) is 12.4. The molecular formula is C12H12ClFN2O. The summed E-state index contributed by atoms with van der Waals surface area (Å²) in [6.45, 7) is 0. The molecule has 5 heteroatoms. The molecule has 2 aromatic rings. The minimum absolute atomic E-state index is 0.125. The van der Waals surface area contributed by atoms with E-state index in [0.29, 0.717) is 5.69 Å². The predicted octanol–water partition coefficient (Wildman–Crippen LogP) is 2.49. The third-order valence-electron chi connectivity index (χ3n) is 2.50. The van der Waals surface area contributed by atoms with Crippen molar-refractivity contribution in [1.29, 1.82) is 0 Å². The molecule has 3 nitrogen and oxygen atoms in total. The summed E-state index contributed by atoms with van der Waals surface area (Å²) in [4.78, 5) is 0. The molecule has 1 aromatic carbocycles. The van der Waals surface area contributed by atoms with Crippen LogP contribution in [0.5, 0.6) is 0 Å². The highest BCUT2D eigenvalue weighted by Gasteiger charge is 2.17. The Morgan fingerprint density at radius 3 is 2.82 bits per heavy atom. The van der Waals surface area contributed by atoms with Crippen molar-refractivity contribution < 1.29 is 9.50 Å². The number of aliphatic hydroxyl groups excluding tert-OH is 1. The van der Waals surface area contributed by atoms with Gasteiger partial charge in [-0.3, -0.25) is 4.68 Å². The van der Waals surface area contributed by atoms with Gasteiger partial charge in [0.2, 0.25) is 0 Å². The molecule has 1 heterocycles. The van der Waals surface area contributed by atoms with Crippen LogP contribution in [0.2, 0.25) is 5.02 Å². The molecule has 0 fully saturated rings. The predicted molar refractivity (Wildman–Crippen MR) is 63.3 cm³/mol. The minimum atomic E-state index is -0.987. The van der Waals surface area contributed by atoms with Crippen molar-refractivity contribution in [2.75, 3.05) is 0 Å². The van der Waals surface area contributed by atoms with Crippen LogP contribution in [0.3, 0.4) is 0 Å². The van der Waals surface area contributed by atoms with Crippen LogP contribution in [0.15, 0.2) is 30.5 Å². The van der Waals surface area contributed by atoms with Gasteiger partial charge in [-0.25, -0.2) is 4.39 Å². The summed E-state index contributed by atoms with van der Waals surface area (Å²) in [5.74, 6) is -0.499. The van der Waals surface area contributed by atoms with Crippen LogP contribution in [-0.4, -0.2) is 14.9 Å². The fraction of sp³-hybridized carbons (Fsp3) is 0.250. The van der Waals surface area contributed by atoms with Crippen molar-refractivity contribution in [2.45, 2.75) is 12.5 Å². The normalized spacial score (nSPS) is 12.7. The monoisotopic (exact) mass is 254 g/mol. The topological polar surface area (TPSA) is 38.0 Å². The van der Waals surface area contributed by atoms with Gasteiger partial charge in [-0.2, -0.15) is 5.10 Å². The number of aliphatic hydroxyl groups is 1. The molecule has 0 aliphatic carbocycles. The minimum Gasteiger partial charge on any atom is -0.388 e. The van der Waals surface area contributed by atoms with E-state index in [1.807, 2.05) is 0 Å². The van der Waals surface area contributed by atoms with E-state index in [1.165, 1.54) is 12.1 Å². The summed E-state index contributed by atoms with van der Waals surface area (Å²) in [6, 6.07) is 6.12. The molecule has 0 bridgehead atoms. The number of rotatable bonds is 3. The number of aromatic nitrogens is 2. The first-order valence-corrected chi connectivity index (χ1v) is 5.56. The van der Waals surface area contributed by atoms with Crippen LogP contribution in [0.25, 0.3) is 0 Å². The summed E-state index contributed by atoms with van der Waals surface area (Å²) >= 11 is 5.87. The van der Waals surface area contributed by atoms with Gasteiger partial charge in [-0.05, 0) is 18.2 Å². The average Bonchev–Trinajstić information content (AvgIpc) is 2.63. The molecule has 90 valence electrons. The van der Waals surface area contributed by atoms with Crippen LogP contribution < -0.4 is 0 Å². The van der Waals surface area contributed by atoms with Crippen molar-refractivity contribution in [3.8, 4) is 0 Å². The van der Waals surface area contributed by atoms with Crippen molar-refractivity contribution in [3.05, 3.63) is 52.6 Å². The summed E-state index contributed by atoms with van der Waals surface area (Å²) < 4.78 is 15.2. The molecule has 0 aliphatic rings. The highest BCUT2D eigenvalue weighted by molar-refractivity contribution is 6.31. The Bertz CT molecular complexity index is 507. The molecule has 0 saturated heterocycles. The van der Waals surface area contributed by atoms with Gasteiger partial charge in [0.25, 0.3) is 0 Å². The van der Waals surface area contributed by atoms with E-state index >= 15 is 0 Å². The van der Waals surface area contributed by atoms with Gasteiger partial charge < -0.3 is 5.11 Å². The van der Waals surface area contributed by atoms with E-state index in [-0.39, 0.29) is 17.0 Å². The lowest BCUT2D eigenvalue weighted by Gasteiger charge is -2.12. The van der Waals surface area contributed by atoms with Crippen molar-refractivity contribution in [1.82, 2.24) is 9.78 Å². The summed E-state index contributed by atoms with van der Waals surface area (Å²) in [6.07, 6.45) is 1.02. The number of hydrogen-bond acceptors (Lipinski definition) is 2. The first-order valence-electron chi connectivity index (χ1n) is 5.18. The van der Waals surface area contributed by atoms with Crippen molar-refractivity contribution in [3.63, 3.8) is 0 Å². The third kappa shape index (κ3) is 2.65. The maximum absolute atomic E-state index is 13.5. The average molecular weight is 255 g/mol. The van der Waals surface area contributed by atoms with E-state index in [0.717, 1.165) is 0 Å². The van der Waals surface area contributed by atoms with Crippen molar-refractivity contribution >= 4 is 11.6 Å². The quantitative estimate of drug-likeness (QED) is 0.914. The Kier molecular flexibility index (Phi) is 3.45. The summed E-state index contributed by atoms with van der Waals surface area (Å²) in [5, 5.41) is 14.3. The lowest BCUT2D eigenvalue weighted by Crippen LogP contribution is -2.06. The Hall–Kier alpha value is -1.39. The fourth-order valence-corrected chi connectivity index (χ4v) is 1.99. The molecule has 1 unspecified atom stereocenters. The largest absolute Gasteiger partial charge is 0.388 e. The zero-order valence-corrected chi connectivity index (χ0v) is 10.0. The molecule has 1 N–H and O–H groups in total. The van der Waals surface area contributed by atoms with Gasteiger partial charge in [-0.1, -0.05) is 17.7 Å². The maximum Gasteiger partial charge on any atom is 0.130 e. The van der Waals surface area contributed by atoms with E-state index in [4.69, 9.17) is 11.6 Å². The molecule has 0 aliphatic heterocycles. The van der Waals surface area contributed by atoms with Gasteiger partial charge in [-0.15, -0.1) is 0 Å². The van der Waals surface area contributed by atoms with Gasteiger partial charge in [0.15, 0.2) is 0 Å². The molecule has 0 radical (unpaired) electrons. The lowest BCUT2D eigenvalue weighted by atomic mass is 10.0. The molecule has 17 heavy (non-hydrogen) atoms. The molecule has 2 rings (SSSR count). The van der Waals surface area contributed by atoms with E-state index in [2.05, 4.69) is 5.10 Å². The van der Waals surface area contributed by atoms with Gasteiger partial charge in [0.05, 0.1) is 11.8 Å². The number of nitrogens with zero attached hydrogens (tertiary/aromatic N) is 2. The number of hydrogen-bond donors (Lipinski definition) is 1. The number of benzene rings is 1. The first kappa shape index (κ1) is 12.1. The van der Waals surface area contributed by atoms with Crippen LogP contribution in [0.1, 0.15) is 17.4 Å². The van der Waals surface area contributed by atoms with Gasteiger partial charge >= 0.3 is 0 Å². The molecular weight excluding hydrogens is 243 g/mol. The van der Waals surface area contributed by atoms with Crippen LogP contribution in [0, 0.1) is 5.82 Å². The SMILES string of the molecule is Cn1ccc(CC(O)c2c(F)cccc2Cl)n1. The molecule has 0 saturated carbocycles. The maximum atomic E-state index is 13.5. The molecule has 0 amide bonds. The second-order valence-corrected chi connectivity index (χ2v) is 4.24. The highest BCUT2D eigenvalue weighted by atomic mass is 35.5. The van der Waals surface area contributed by atoms with Crippen molar-refractivity contribution in [2.24, 2.45) is 7.05 Å². The third-order valence-corrected chi connectivity index (χ3v) is 2.83. The summed E-state index contributed by atoms with van der Waals surface area (Å²) in [7, 11) is 1.78. The van der Waals surface area contributed by atoms with E-state index in [9.17, 15) is 9.50 Å². The molecule has 1 aromatic heterocycles. The van der Waals surface area contributed by atoms with E-state index < -0.39 is 11.9 Å². The van der Waals surface area contributed by atoms with E-state index in [1.54, 1.807) is 30.1 Å². The van der Waals surface area contributed by atoms with Gasteiger partial charge in [0.1, 0.15) is 5.82 Å². The zero-order valence-electron chi connectivity index (χ0n) is 9.27. The second kappa shape index (κ2) is 4.85. The Labute approximate surface area is 103 Å². The number of halogens is 2. The molecule has 1 atom stereocenters. The highest BCUT2D eigenvalue weighted by Crippen LogP contribution is 2.27. The summed E-state index contributed by atoms with van der Waals surface area (Å²) in [5.41, 5.74) is 0.819. The smallest absolute Gasteiger partial charge is 0.130 e. The fourth-order valence-electron chi connectivity index (χ4n) is 1.70. The van der Waals surface area contributed by atoms with Crippen LogP contribution in [0.4, 0.5) is 4.39 Å². The Balaban J connectivity index is 2.22. The Morgan fingerprint density at radius 1 is 1.47 bits per heavy atom. The Morgan fingerprint density at radius 2 is 2.24 bits per heavy atom.